The third-order valence-electron chi connectivity index (χ3n) is 2.85. The highest BCUT2D eigenvalue weighted by atomic mass is 32.2. The van der Waals surface area contributed by atoms with Gasteiger partial charge in [0.25, 0.3) is 5.69 Å². The molecular weight excluding hydrogens is 282 g/mol. The van der Waals surface area contributed by atoms with Crippen LogP contribution < -0.4 is 0 Å². The molecule has 110 valence electrons. The van der Waals surface area contributed by atoms with Crippen molar-refractivity contribution in [1.82, 2.24) is 0 Å². The Morgan fingerprint density at radius 1 is 1.45 bits per heavy atom. The number of hydrogen-bond acceptors (Lipinski definition) is 6. The lowest BCUT2D eigenvalue weighted by molar-refractivity contribution is -0.385. The fourth-order valence-corrected chi connectivity index (χ4v) is 2.36. The summed E-state index contributed by atoms with van der Waals surface area (Å²) in [7, 11) is 0. The van der Waals surface area contributed by atoms with Gasteiger partial charge in [0, 0.05) is 24.3 Å². The molecule has 0 bridgehead atoms. The average molecular weight is 299 g/mol. The SMILES string of the molecule is CC(=O)SCCC(O)C(O)c1ccc(C)c([N+](=O)[O-])c1. The molecule has 2 atom stereocenters. The van der Waals surface area contributed by atoms with Crippen LogP contribution in [0.15, 0.2) is 18.2 Å². The minimum absolute atomic E-state index is 0.0577. The Bertz CT molecular complexity index is 506. The van der Waals surface area contributed by atoms with Crippen molar-refractivity contribution < 1.29 is 19.9 Å². The zero-order valence-electron chi connectivity index (χ0n) is 11.3. The molecule has 0 fully saturated rings. The molecular formula is C13H17NO5S. The first-order chi connectivity index (χ1) is 9.32. The highest BCUT2D eigenvalue weighted by Crippen LogP contribution is 2.26. The quantitative estimate of drug-likeness (QED) is 0.615. The summed E-state index contributed by atoms with van der Waals surface area (Å²) < 4.78 is 0. The van der Waals surface area contributed by atoms with E-state index in [0.29, 0.717) is 16.9 Å². The van der Waals surface area contributed by atoms with Gasteiger partial charge in [-0.05, 0) is 18.9 Å². The molecule has 0 spiro atoms. The summed E-state index contributed by atoms with van der Waals surface area (Å²) >= 11 is 1.06. The van der Waals surface area contributed by atoms with E-state index >= 15 is 0 Å². The molecule has 1 rings (SSSR count). The van der Waals surface area contributed by atoms with Gasteiger partial charge in [-0.2, -0.15) is 0 Å². The number of nitro benzene ring substituents is 1. The van der Waals surface area contributed by atoms with Crippen molar-refractivity contribution in [3.8, 4) is 0 Å². The van der Waals surface area contributed by atoms with Gasteiger partial charge in [0.1, 0.15) is 6.10 Å². The number of nitrogens with zero attached hydrogens (tertiary/aromatic N) is 1. The van der Waals surface area contributed by atoms with Gasteiger partial charge in [-0.25, -0.2) is 0 Å². The Hall–Kier alpha value is -1.44. The number of hydrogen-bond donors (Lipinski definition) is 2. The molecule has 0 radical (unpaired) electrons. The highest BCUT2D eigenvalue weighted by molar-refractivity contribution is 8.13. The number of rotatable bonds is 6. The van der Waals surface area contributed by atoms with Gasteiger partial charge in [0.15, 0.2) is 5.12 Å². The predicted octanol–water partition coefficient (Wildman–Crippen LogP) is 1.97. The van der Waals surface area contributed by atoms with Crippen LogP contribution in [0.1, 0.15) is 30.6 Å². The summed E-state index contributed by atoms with van der Waals surface area (Å²) in [4.78, 5) is 21.1. The van der Waals surface area contributed by atoms with Gasteiger partial charge in [-0.3, -0.25) is 14.9 Å². The van der Waals surface area contributed by atoms with Crippen LogP contribution in [0.5, 0.6) is 0 Å². The van der Waals surface area contributed by atoms with Gasteiger partial charge in [-0.15, -0.1) is 0 Å². The van der Waals surface area contributed by atoms with E-state index in [1.807, 2.05) is 0 Å². The average Bonchev–Trinajstić information content (AvgIpc) is 2.37. The number of carbonyl (C=O) groups is 1. The Morgan fingerprint density at radius 2 is 2.10 bits per heavy atom. The van der Waals surface area contributed by atoms with Crippen LogP contribution >= 0.6 is 11.8 Å². The van der Waals surface area contributed by atoms with Gasteiger partial charge in [-0.1, -0.05) is 23.9 Å². The third kappa shape index (κ3) is 4.59. The van der Waals surface area contributed by atoms with Gasteiger partial charge in [0.05, 0.1) is 11.0 Å². The van der Waals surface area contributed by atoms with Crippen molar-refractivity contribution in [2.45, 2.75) is 32.5 Å². The monoisotopic (exact) mass is 299 g/mol. The second-order valence-corrected chi connectivity index (χ2v) is 5.72. The third-order valence-corrected chi connectivity index (χ3v) is 3.70. The van der Waals surface area contributed by atoms with Crippen molar-refractivity contribution in [3.05, 3.63) is 39.4 Å². The summed E-state index contributed by atoms with van der Waals surface area (Å²) in [5.41, 5.74) is 0.696. The minimum atomic E-state index is -1.21. The Labute approximate surface area is 121 Å². The van der Waals surface area contributed by atoms with Crippen molar-refractivity contribution >= 4 is 22.6 Å². The molecule has 6 nitrogen and oxygen atoms in total. The number of aryl methyl sites for hydroxylation is 1. The fourth-order valence-electron chi connectivity index (χ4n) is 1.71. The number of benzene rings is 1. The van der Waals surface area contributed by atoms with Crippen LogP contribution in [0.25, 0.3) is 0 Å². The molecule has 0 saturated carbocycles. The number of thioether (sulfide) groups is 1. The molecule has 1 aromatic rings. The van der Waals surface area contributed by atoms with E-state index in [2.05, 4.69) is 0 Å². The topological polar surface area (TPSA) is 101 Å². The van der Waals surface area contributed by atoms with Crippen molar-refractivity contribution in [2.24, 2.45) is 0 Å². The second-order valence-electron chi connectivity index (χ2n) is 4.44. The maximum absolute atomic E-state index is 10.8. The zero-order valence-corrected chi connectivity index (χ0v) is 12.1. The van der Waals surface area contributed by atoms with E-state index in [9.17, 15) is 25.1 Å². The minimum Gasteiger partial charge on any atom is -0.390 e. The molecule has 0 heterocycles. The van der Waals surface area contributed by atoms with E-state index < -0.39 is 17.1 Å². The zero-order chi connectivity index (χ0) is 15.3. The lowest BCUT2D eigenvalue weighted by atomic mass is 10.0. The molecule has 0 aliphatic carbocycles. The maximum Gasteiger partial charge on any atom is 0.272 e. The molecule has 1 aromatic carbocycles. The van der Waals surface area contributed by atoms with Crippen LogP contribution in [0, 0.1) is 17.0 Å². The molecule has 0 amide bonds. The van der Waals surface area contributed by atoms with E-state index in [1.54, 1.807) is 13.0 Å². The van der Waals surface area contributed by atoms with E-state index in [1.165, 1.54) is 19.1 Å². The van der Waals surface area contributed by atoms with Gasteiger partial charge >= 0.3 is 0 Å². The predicted molar refractivity (Wildman–Crippen MR) is 76.6 cm³/mol. The van der Waals surface area contributed by atoms with Crippen molar-refractivity contribution in [1.29, 1.82) is 0 Å². The Balaban J connectivity index is 2.76. The smallest absolute Gasteiger partial charge is 0.272 e. The van der Waals surface area contributed by atoms with Crippen LogP contribution in [0.4, 0.5) is 5.69 Å². The van der Waals surface area contributed by atoms with E-state index in [4.69, 9.17) is 0 Å². The summed E-state index contributed by atoms with van der Waals surface area (Å²) in [6, 6.07) is 4.35. The normalized spacial score (nSPS) is 13.8. The number of nitro groups is 1. The van der Waals surface area contributed by atoms with Crippen molar-refractivity contribution in [2.75, 3.05) is 5.75 Å². The molecule has 2 unspecified atom stereocenters. The molecule has 0 saturated heterocycles. The van der Waals surface area contributed by atoms with Gasteiger partial charge in [0.2, 0.25) is 0 Å². The van der Waals surface area contributed by atoms with Crippen molar-refractivity contribution in [3.63, 3.8) is 0 Å². The number of aliphatic hydroxyl groups excluding tert-OH is 2. The standard InChI is InChI=1S/C13H17NO5S/c1-8-3-4-10(7-11(8)14(18)19)13(17)12(16)5-6-20-9(2)15/h3-4,7,12-13,16-17H,5-6H2,1-2H3. The molecule has 0 aromatic heterocycles. The first-order valence-electron chi connectivity index (χ1n) is 6.07. The number of carbonyl (C=O) groups excluding carboxylic acids is 1. The fraction of sp³-hybridized carbons (Fsp3) is 0.462. The molecule has 20 heavy (non-hydrogen) atoms. The summed E-state index contributed by atoms with van der Waals surface area (Å²) in [5, 5.41) is 30.6. The molecule has 2 N–H and O–H groups in total. The Kier molecular flexibility index (Phi) is 6.12. The maximum atomic E-state index is 10.8. The lowest BCUT2D eigenvalue weighted by Gasteiger charge is -2.18. The van der Waals surface area contributed by atoms with Crippen LogP contribution in [0.3, 0.4) is 0 Å². The van der Waals surface area contributed by atoms with Crippen LogP contribution in [-0.2, 0) is 4.79 Å². The largest absolute Gasteiger partial charge is 0.390 e. The summed E-state index contributed by atoms with van der Waals surface area (Å²) in [6.45, 7) is 3.03. The first kappa shape index (κ1) is 16.6. The molecule has 0 aliphatic rings. The highest BCUT2D eigenvalue weighted by Gasteiger charge is 2.21. The second kappa shape index (κ2) is 7.37. The number of aliphatic hydroxyl groups is 2. The van der Waals surface area contributed by atoms with Crippen LogP contribution in [0.2, 0.25) is 0 Å². The lowest BCUT2D eigenvalue weighted by Crippen LogP contribution is -2.19. The molecule has 7 heteroatoms. The summed E-state index contributed by atoms with van der Waals surface area (Å²) in [6.07, 6.45) is -2.04. The molecule has 0 aliphatic heterocycles. The summed E-state index contributed by atoms with van der Waals surface area (Å²) in [5.74, 6) is 0.390. The Morgan fingerprint density at radius 3 is 2.65 bits per heavy atom. The van der Waals surface area contributed by atoms with E-state index in [-0.39, 0.29) is 17.2 Å². The van der Waals surface area contributed by atoms with Crippen LogP contribution in [-0.4, -0.2) is 32.1 Å². The van der Waals surface area contributed by atoms with Gasteiger partial charge < -0.3 is 10.2 Å². The first-order valence-corrected chi connectivity index (χ1v) is 7.06. The van der Waals surface area contributed by atoms with E-state index in [0.717, 1.165) is 11.8 Å².